The van der Waals surface area contributed by atoms with Crippen molar-refractivity contribution in [1.82, 2.24) is 15.3 Å². The highest BCUT2D eigenvalue weighted by molar-refractivity contribution is 5.77. The van der Waals surface area contributed by atoms with E-state index in [9.17, 15) is 4.79 Å². The molecule has 1 aromatic rings. The highest BCUT2D eigenvalue weighted by Crippen LogP contribution is 2.30. The van der Waals surface area contributed by atoms with E-state index in [0.717, 1.165) is 25.2 Å². The number of nitrogens with one attached hydrogen (secondary N) is 1. The van der Waals surface area contributed by atoms with Crippen molar-refractivity contribution in [3.05, 3.63) is 12.4 Å². The average Bonchev–Trinajstić information content (AvgIpc) is 2.81. The van der Waals surface area contributed by atoms with E-state index < -0.39 is 0 Å². The van der Waals surface area contributed by atoms with Crippen molar-refractivity contribution in [2.45, 2.75) is 31.3 Å². The largest absolute Gasteiger partial charge is 0.481 e. The van der Waals surface area contributed by atoms with Gasteiger partial charge in [0.05, 0.1) is 19.2 Å². The van der Waals surface area contributed by atoms with Gasteiger partial charge in [0.15, 0.2) is 0 Å². The molecule has 2 atom stereocenters. The van der Waals surface area contributed by atoms with Crippen LogP contribution in [-0.4, -0.2) is 41.6 Å². The van der Waals surface area contributed by atoms with E-state index in [1.807, 2.05) is 6.07 Å². The van der Waals surface area contributed by atoms with Crippen LogP contribution in [-0.2, 0) is 4.79 Å². The van der Waals surface area contributed by atoms with Crippen molar-refractivity contribution in [3.63, 3.8) is 0 Å². The average molecular weight is 248 g/mol. The Kier molecular flexibility index (Phi) is 2.77. The number of ether oxygens (including phenoxy) is 1. The van der Waals surface area contributed by atoms with Crippen LogP contribution in [0.3, 0.4) is 0 Å². The van der Waals surface area contributed by atoms with Crippen LogP contribution in [0.2, 0.25) is 0 Å². The molecule has 18 heavy (non-hydrogen) atoms. The molecular weight excluding hydrogens is 232 g/mol. The summed E-state index contributed by atoms with van der Waals surface area (Å²) in [5, 5.41) is 3.05. The Balaban J connectivity index is 1.82. The molecule has 0 aromatic carbocycles. The second-order valence-corrected chi connectivity index (χ2v) is 4.68. The molecule has 0 saturated carbocycles. The summed E-state index contributed by atoms with van der Waals surface area (Å²) in [5.41, 5.74) is 0. The minimum atomic E-state index is 0.165. The number of fused-ring (bicyclic) bond motifs is 1. The molecule has 1 N–H and O–H groups in total. The van der Waals surface area contributed by atoms with Gasteiger partial charge in [-0.3, -0.25) is 4.79 Å². The number of nitrogens with zero attached hydrogens (tertiary/aromatic N) is 3. The van der Waals surface area contributed by atoms with Crippen LogP contribution in [0.15, 0.2) is 12.4 Å². The number of methoxy groups -OCH3 is 1. The fourth-order valence-corrected chi connectivity index (χ4v) is 2.82. The minimum absolute atomic E-state index is 0.165. The monoisotopic (exact) mass is 248 g/mol. The van der Waals surface area contributed by atoms with Gasteiger partial charge in [-0.15, -0.1) is 0 Å². The van der Waals surface area contributed by atoms with Crippen molar-refractivity contribution in [3.8, 4) is 5.88 Å². The van der Waals surface area contributed by atoms with E-state index in [-0.39, 0.29) is 11.9 Å². The summed E-state index contributed by atoms with van der Waals surface area (Å²) >= 11 is 0. The Hall–Kier alpha value is -1.85. The predicted molar refractivity (Wildman–Crippen MR) is 65.5 cm³/mol. The highest BCUT2D eigenvalue weighted by Gasteiger charge is 2.38. The maximum Gasteiger partial charge on any atom is 0.220 e. The maximum absolute atomic E-state index is 11.4. The van der Waals surface area contributed by atoms with Gasteiger partial charge < -0.3 is 15.0 Å². The van der Waals surface area contributed by atoms with E-state index >= 15 is 0 Å². The molecule has 0 aliphatic carbocycles. The fraction of sp³-hybridized carbons (Fsp3) is 0.583. The first-order chi connectivity index (χ1) is 8.78. The summed E-state index contributed by atoms with van der Waals surface area (Å²) in [6.45, 7) is 0.912. The fourth-order valence-electron chi connectivity index (χ4n) is 2.82. The molecule has 96 valence electrons. The van der Waals surface area contributed by atoms with E-state index in [2.05, 4.69) is 20.2 Å². The smallest absolute Gasteiger partial charge is 0.220 e. The molecule has 2 fully saturated rings. The lowest BCUT2D eigenvalue weighted by molar-refractivity contribution is -0.123. The lowest BCUT2D eigenvalue weighted by Gasteiger charge is -2.32. The number of piperidine rings is 1. The molecule has 0 spiro atoms. The van der Waals surface area contributed by atoms with E-state index in [1.54, 1.807) is 7.11 Å². The third kappa shape index (κ3) is 1.87. The van der Waals surface area contributed by atoms with Crippen molar-refractivity contribution in [2.24, 2.45) is 0 Å². The van der Waals surface area contributed by atoms with Crippen LogP contribution >= 0.6 is 0 Å². The number of carbonyl (C=O) groups excluding carboxylic acids is 1. The van der Waals surface area contributed by atoms with Crippen molar-refractivity contribution in [1.29, 1.82) is 0 Å². The zero-order valence-electron chi connectivity index (χ0n) is 10.3. The van der Waals surface area contributed by atoms with Crippen LogP contribution in [0.1, 0.15) is 19.3 Å². The molecule has 6 heteroatoms. The number of anilines is 1. The second-order valence-electron chi connectivity index (χ2n) is 4.68. The van der Waals surface area contributed by atoms with Gasteiger partial charge in [-0.2, -0.15) is 0 Å². The molecular formula is C12H16N4O2. The van der Waals surface area contributed by atoms with Crippen LogP contribution in [0.4, 0.5) is 5.82 Å². The molecule has 1 amide bonds. The van der Waals surface area contributed by atoms with Crippen molar-refractivity contribution < 1.29 is 9.53 Å². The topological polar surface area (TPSA) is 67.3 Å². The number of hydrogen-bond donors (Lipinski definition) is 1. The van der Waals surface area contributed by atoms with E-state index in [0.29, 0.717) is 18.3 Å². The zero-order valence-corrected chi connectivity index (χ0v) is 10.3. The molecule has 2 aliphatic heterocycles. The molecule has 1 aromatic heterocycles. The van der Waals surface area contributed by atoms with E-state index in [1.165, 1.54) is 6.33 Å². The Morgan fingerprint density at radius 1 is 1.44 bits per heavy atom. The number of amides is 1. The van der Waals surface area contributed by atoms with Crippen LogP contribution in [0, 0.1) is 0 Å². The van der Waals surface area contributed by atoms with E-state index in [4.69, 9.17) is 4.74 Å². The summed E-state index contributed by atoms with van der Waals surface area (Å²) in [6, 6.07) is 2.45. The molecule has 0 bridgehead atoms. The summed E-state index contributed by atoms with van der Waals surface area (Å²) in [4.78, 5) is 21.9. The van der Waals surface area contributed by atoms with Crippen LogP contribution < -0.4 is 15.0 Å². The predicted octanol–water partition coefficient (Wildman–Crippen LogP) is 0.342. The third-order valence-corrected chi connectivity index (χ3v) is 3.69. The molecule has 2 saturated heterocycles. The van der Waals surface area contributed by atoms with Gasteiger partial charge in [-0.05, 0) is 12.8 Å². The molecule has 3 rings (SSSR count). The lowest BCUT2D eigenvalue weighted by Crippen LogP contribution is -2.49. The highest BCUT2D eigenvalue weighted by atomic mass is 16.5. The van der Waals surface area contributed by atoms with Crippen molar-refractivity contribution in [2.75, 3.05) is 18.6 Å². The Morgan fingerprint density at radius 3 is 3.17 bits per heavy atom. The standard InChI is InChI=1S/C12H16N4O2/c1-18-12-6-10(13-7-14-12)16-5-4-8-9(16)2-3-11(17)15-8/h6-9H,2-5H2,1H3,(H,15,17)/t8-,9-/m0/s1. The number of rotatable bonds is 2. The van der Waals surface area contributed by atoms with Gasteiger partial charge >= 0.3 is 0 Å². The summed E-state index contributed by atoms with van der Waals surface area (Å²) in [7, 11) is 1.60. The summed E-state index contributed by atoms with van der Waals surface area (Å²) in [5.74, 6) is 1.62. The molecule has 2 aliphatic rings. The van der Waals surface area contributed by atoms with Gasteiger partial charge in [-0.25, -0.2) is 9.97 Å². The first-order valence-electron chi connectivity index (χ1n) is 6.20. The Bertz CT molecular complexity index is 465. The zero-order chi connectivity index (χ0) is 12.5. The maximum atomic E-state index is 11.4. The van der Waals surface area contributed by atoms with Gasteiger partial charge in [0.25, 0.3) is 0 Å². The first-order valence-corrected chi connectivity index (χ1v) is 6.20. The summed E-state index contributed by atoms with van der Waals surface area (Å²) < 4.78 is 5.12. The van der Waals surface area contributed by atoms with Crippen LogP contribution in [0.25, 0.3) is 0 Å². The number of carbonyl (C=O) groups is 1. The SMILES string of the molecule is COc1cc(N2CC[C@@H]3NC(=O)CC[C@@H]32)ncn1. The summed E-state index contributed by atoms with van der Waals surface area (Å²) in [6.07, 6.45) is 3.98. The second kappa shape index (κ2) is 4.44. The first kappa shape index (κ1) is 11.3. The van der Waals surface area contributed by atoms with Crippen LogP contribution in [0.5, 0.6) is 5.88 Å². The molecule has 0 unspecified atom stereocenters. The number of hydrogen-bond acceptors (Lipinski definition) is 5. The van der Waals surface area contributed by atoms with Gasteiger partial charge in [0.2, 0.25) is 11.8 Å². The van der Waals surface area contributed by atoms with Gasteiger partial charge in [0, 0.05) is 19.0 Å². The quantitative estimate of drug-likeness (QED) is 0.817. The molecule has 6 nitrogen and oxygen atoms in total. The molecule has 0 radical (unpaired) electrons. The lowest BCUT2D eigenvalue weighted by atomic mass is 9.99. The van der Waals surface area contributed by atoms with Gasteiger partial charge in [0.1, 0.15) is 12.1 Å². The van der Waals surface area contributed by atoms with Gasteiger partial charge in [-0.1, -0.05) is 0 Å². The third-order valence-electron chi connectivity index (χ3n) is 3.69. The Labute approximate surface area is 105 Å². The minimum Gasteiger partial charge on any atom is -0.481 e. The van der Waals surface area contributed by atoms with Crippen molar-refractivity contribution >= 4 is 11.7 Å². The Morgan fingerprint density at radius 2 is 2.33 bits per heavy atom. The molecule has 3 heterocycles. The normalized spacial score (nSPS) is 26.7. The number of aromatic nitrogens is 2.